The summed E-state index contributed by atoms with van der Waals surface area (Å²) < 4.78 is 17.6. The first-order chi connectivity index (χ1) is 14.9. The fourth-order valence-electron chi connectivity index (χ4n) is 3.32. The monoisotopic (exact) mass is 488 g/mol. The van der Waals surface area contributed by atoms with Gasteiger partial charge >= 0.3 is 12.0 Å². The molecule has 0 spiro atoms. The molecule has 2 aromatic rings. The third-order valence-corrected chi connectivity index (χ3v) is 5.24. The Hall–Kier alpha value is -3.00. The molecule has 0 fully saturated rings. The Morgan fingerprint density at radius 3 is 2.48 bits per heavy atom. The van der Waals surface area contributed by atoms with Crippen LogP contribution in [0, 0.1) is 0 Å². The van der Waals surface area contributed by atoms with Crippen LogP contribution in [0.2, 0.25) is 0 Å². The molecule has 164 valence electrons. The Morgan fingerprint density at radius 1 is 1.10 bits per heavy atom. The van der Waals surface area contributed by atoms with Crippen molar-refractivity contribution in [1.29, 1.82) is 0 Å². The Kier molecular flexibility index (Phi) is 7.57. The number of benzene rings is 2. The summed E-state index contributed by atoms with van der Waals surface area (Å²) >= 11 is 3.52. The van der Waals surface area contributed by atoms with Crippen molar-refractivity contribution in [3.63, 3.8) is 0 Å². The lowest BCUT2D eigenvalue weighted by molar-refractivity contribution is -0.140. The quantitative estimate of drug-likeness (QED) is 0.529. The lowest BCUT2D eigenvalue weighted by Gasteiger charge is -2.29. The average Bonchev–Trinajstić information content (AvgIpc) is 2.74. The van der Waals surface area contributed by atoms with Gasteiger partial charge in [-0.15, -0.1) is 0 Å². The molecule has 1 aliphatic rings. The summed E-state index contributed by atoms with van der Waals surface area (Å²) in [5.41, 5.74) is 2.31. The summed E-state index contributed by atoms with van der Waals surface area (Å²) in [7, 11) is 0. The van der Waals surface area contributed by atoms with Gasteiger partial charge in [0.05, 0.1) is 29.3 Å². The molecule has 0 bridgehead atoms. The number of hydrogen-bond donors (Lipinski definition) is 2. The maximum absolute atomic E-state index is 13.0. The summed E-state index contributed by atoms with van der Waals surface area (Å²) in [6.07, 6.45) is 0. The van der Waals surface area contributed by atoms with Crippen molar-refractivity contribution < 1.29 is 23.8 Å². The van der Waals surface area contributed by atoms with Gasteiger partial charge in [-0.2, -0.15) is 0 Å². The smallest absolute Gasteiger partial charge is 0.338 e. The van der Waals surface area contributed by atoms with Gasteiger partial charge in [-0.25, -0.2) is 9.59 Å². The van der Waals surface area contributed by atoms with Gasteiger partial charge in [-0.1, -0.05) is 30.3 Å². The first-order valence-electron chi connectivity index (χ1n) is 10.0. The molecule has 0 saturated carbocycles. The van der Waals surface area contributed by atoms with E-state index < -0.39 is 18.0 Å². The number of ether oxygens (including phenoxy) is 3. The number of rotatable bonds is 8. The minimum Gasteiger partial charge on any atom is -0.490 e. The van der Waals surface area contributed by atoms with Crippen LogP contribution >= 0.6 is 15.9 Å². The number of nitrogens with one attached hydrogen (secondary N) is 2. The number of esters is 1. The molecule has 0 saturated heterocycles. The highest BCUT2D eigenvalue weighted by Gasteiger charge is 2.33. The molecule has 2 aromatic carbocycles. The van der Waals surface area contributed by atoms with Crippen LogP contribution in [-0.2, 0) is 16.1 Å². The fourth-order valence-corrected chi connectivity index (χ4v) is 3.89. The van der Waals surface area contributed by atoms with Crippen LogP contribution in [0.15, 0.2) is 58.2 Å². The van der Waals surface area contributed by atoms with Gasteiger partial charge in [0, 0.05) is 5.70 Å². The third kappa shape index (κ3) is 5.38. The van der Waals surface area contributed by atoms with E-state index in [1.807, 2.05) is 50.2 Å². The fraction of sp³-hybridized carbons (Fsp3) is 0.304. The van der Waals surface area contributed by atoms with E-state index in [9.17, 15) is 9.59 Å². The lowest BCUT2D eigenvalue weighted by Crippen LogP contribution is -2.45. The predicted octanol–water partition coefficient (Wildman–Crippen LogP) is 4.62. The number of halogens is 1. The van der Waals surface area contributed by atoms with Crippen LogP contribution in [0.25, 0.3) is 0 Å². The molecular weight excluding hydrogens is 464 g/mol. The van der Waals surface area contributed by atoms with Crippen molar-refractivity contribution in [3.8, 4) is 11.5 Å². The van der Waals surface area contributed by atoms with E-state index in [2.05, 4.69) is 26.6 Å². The van der Waals surface area contributed by atoms with Gasteiger partial charge in [-0.3, -0.25) is 0 Å². The molecule has 3 rings (SSSR count). The minimum atomic E-state index is -0.705. The van der Waals surface area contributed by atoms with Gasteiger partial charge in [-0.05, 0) is 60.0 Å². The molecule has 1 atom stereocenters. The molecule has 0 aromatic heterocycles. The van der Waals surface area contributed by atoms with Crippen molar-refractivity contribution in [1.82, 2.24) is 10.6 Å². The van der Waals surface area contributed by atoms with E-state index in [1.54, 1.807) is 13.0 Å². The molecule has 1 unspecified atom stereocenters. The third-order valence-electron chi connectivity index (χ3n) is 4.66. The molecule has 1 aliphatic heterocycles. The molecule has 2 N–H and O–H groups in total. The summed E-state index contributed by atoms with van der Waals surface area (Å²) in [5.74, 6) is 0.584. The largest absolute Gasteiger partial charge is 0.490 e. The molecule has 0 radical (unpaired) electrons. The number of hydrogen-bond acceptors (Lipinski definition) is 5. The van der Waals surface area contributed by atoms with Crippen molar-refractivity contribution in [2.24, 2.45) is 0 Å². The molecule has 31 heavy (non-hydrogen) atoms. The standard InChI is InChI=1S/C23H25BrN2O5/c1-4-29-18-12-16(11-17(24)21(18)30-5-2)20-19(14(3)25-23(28)26-20)22(27)31-13-15-9-7-6-8-10-15/h6-12,20H,4-5,13H2,1-3H3,(H2,25,26,28). The second-order valence-corrected chi connectivity index (χ2v) is 7.68. The van der Waals surface area contributed by atoms with Crippen LogP contribution in [0.4, 0.5) is 4.79 Å². The summed E-state index contributed by atoms with van der Waals surface area (Å²) in [4.78, 5) is 25.2. The van der Waals surface area contributed by atoms with Gasteiger partial charge in [0.2, 0.25) is 0 Å². The van der Waals surface area contributed by atoms with Gasteiger partial charge < -0.3 is 24.8 Å². The van der Waals surface area contributed by atoms with Crippen molar-refractivity contribution in [2.75, 3.05) is 13.2 Å². The van der Waals surface area contributed by atoms with E-state index in [-0.39, 0.29) is 6.61 Å². The van der Waals surface area contributed by atoms with E-state index in [0.717, 1.165) is 5.56 Å². The zero-order valence-corrected chi connectivity index (χ0v) is 19.2. The zero-order valence-electron chi connectivity index (χ0n) is 17.7. The maximum atomic E-state index is 13.0. The number of carbonyl (C=O) groups excluding carboxylic acids is 2. The molecule has 1 heterocycles. The van der Waals surface area contributed by atoms with Gasteiger partial charge in [0.25, 0.3) is 0 Å². The zero-order chi connectivity index (χ0) is 22.4. The summed E-state index contributed by atoms with van der Waals surface area (Å²) in [5, 5.41) is 5.47. The van der Waals surface area contributed by atoms with Gasteiger partial charge in [0.1, 0.15) is 6.61 Å². The average molecular weight is 489 g/mol. The molecular formula is C23H25BrN2O5. The van der Waals surface area contributed by atoms with Gasteiger partial charge in [0.15, 0.2) is 11.5 Å². The SMILES string of the molecule is CCOc1cc(C2NC(=O)NC(C)=C2C(=O)OCc2ccccc2)cc(Br)c1OCC. The van der Waals surface area contributed by atoms with E-state index >= 15 is 0 Å². The van der Waals surface area contributed by atoms with E-state index in [4.69, 9.17) is 14.2 Å². The lowest BCUT2D eigenvalue weighted by atomic mass is 9.95. The number of allylic oxidation sites excluding steroid dienone is 1. The maximum Gasteiger partial charge on any atom is 0.338 e. The highest BCUT2D eigenvalue weighted by molar-refractivity contribution is 9.10. The first-order valence-corrected chi connectivity index (χ1v) is 10.8. The van der Waals surface area contributed by atoms with Crippen LogP contribution < -0.4 is 20.1 Å². The predicted molar refractivity (Wildman–Crippen MR) is 120 cm³/mol. The Labute approximate surface area is 189 Å². The van der Waals surface area contributed by atoms with Crippen LogP contribution in [0.3, 0.4) is 0 Å². The first kappa shape index (κ1) is 22.7. The van der Waals surface area contributed by atoms with Crippen LogP contribution in [0.1, 0.15) is 37.9 Å². The molecule has 8 heteroatoms. The van der Waals surface area contributed by atoms with Crippen LogP contribution in [-0.4, -0.2) is 25.2 Å². The second kappa shape index (κ2) is 10.3. The molecule has 7 nitrogen and oxygen atoms in total. The minimum absolute atomic E-state index is 0.133. The van der Waals surface area contributed by atoms with Crippen LogP contribution in [0.5, 0.6) is 11.5 Å². The second-order valence-electron chi connectivity index (χ2n) is 6.83. The normalized spacial score (nSPS) is 15.7. The topological polar surface area (TPSA) is 85.9 Å². The Bertz CT molecular complexity index is 991. The number of urea groups is 1. The summed E-state index contributed by atoms with van der Waals surface area (Å²) in [6, 6.07) is 11.9. The van der Waals surface area contributed by atoms with Crippen molar-refractivity contribution >= 4 is 27.9 Å². The van der Waals surface area contributed by atoms with E-state index in [0.29, 0.717) is 46.0 Å². The van der Waals surface area contributed by atoms with Crippen molar-refractivity contribution in [2.45, 2.75) is 33.4 Å². The Balaban J connectivity index is 1.94. The number of carbonyl (C=O) groups is 2. The highest BCUT2D eigenvalue weighted by atomic mass is 79.9. The van der Waals surface area contributed by atoms with E-state index in [1.165, 1.54) is 0 Å². The number of amides is 2. The Morgan fingerprint density at radius 2 is 1.81 bits per heavy atom. The summed E-state index contributed by atoms with van der Waals surface area (Å²) in [6.45, 7) is 6.48. The molecule has 0 aliphatic carbocycles. The highest BCUT2D eigenvalue weighted by Crippen LogP contribution is 2.40. The van der Waals surface area contributed by atoms with Crippen molar-refractivity contribution in [3.05, 3.63) is 69.3 Å². The molecule has 2 amide bonds.